The predicted octanol–water partition coefficient (Wildman–Crippen LogP) is 4.29. The Kier molecular flexibility index (Phi) is 6.50. The van der Waals surface area contributed by atoms with Gasteiger partial charge in [-0.1, -0.05) is 6.07 Å². The van der Waals surface area contributed by atoms with Gasteiger partial charge in [0.05, 0.1) is 18.7 Å². The normalized spacial score (nSPS) is 16.1. The zero-order valence-corrected chi connectivity index (χ0v) is 22.8. The van der Waals surface area contributed by atoms with Crippen molar-refractivity contribution in [2.45, 2.75) is 45.9 Å². The van der Waals surface area contributed by atoms with Gasteiger partial charge in [-0.25, -0.2) is 4.79 Å². The van der Waals surface area contributed by atoms with E-state index in [0.717, 1.165) is 60.6 Å². The van der Waals surface area contributed by atoms with Crippen LogP contribution in [0.3, 0.4) is 0 Å². The largest absolute Gasteiger partial charge is 0.444 e. The van der Waals surface area contributed by atoms with E-state index in [-0.39, 0.29) is 0 Å². The summed E-state index contributed by atoms with van der Waals surface area (Å²) in [6.07, 6.45) is 0.477. The molecule has 2 aliphatic rings. The van der Waals surface area contributed by atoms with Gasteiger partial charge < -0.3 is 39.3 Å². The Morgan fingerprint density at radius 1 is 1.10 bits per heavy atom. The second-order valence-corrected chi connectivity index (χ2v) is 11.2. The lowest BCUT2D eigenvalue weighted by Crippen LogP contribution is -2.36. The van der Waals surface area contributed by atoms with E-state index in [2.05, 4.69) is 37.9 Å². The van der Waals surface area contributed by atoms with Crippen molar-refractivity contribution in [2.75, 3.05) is 54.9 Å². The lowest BCUT2D eigenvalue weighted by molar-refractivity contribution is 0.0526. The van der Waals surface area contributed by atoms with Crippen LogP contribution in [0.1, 0.15) is 32.0 Å². The first kappa shape index (κ1) is 25.4. The Morgan fingerprint density at radius 2 is 1.92 bits per heavy atom. The molecule has 0 spiro atoms. The molecular weight excluding hydrogens is 496 g/mol. The number of nitrogens with one attached hydrogen (secondary N) is 1. The third kappa shape index (κ3) is 5.21. The van der Waals surface area contributed by atoms with Crippen molar-refractivity contribution in [3.05, 3.63) is 47.7 Å². The number of nitrogen functional groups attached to an aromatic ring is 1. The van der Waals surface area contributed by atoms with Crippen molar-refractivity contribution in [2.24, 2.45) is 0 Å². The van der Waals surface area contributed by atoms with Gasteiger partial charge in [0.2, 0.25) is 0 Å². The number of carbonyl (C=O) groups excluding carboxylic acids is 1. The summed E-state index contributed by atoms with van der Waals surface area (Å²) in [7, 11) is 0. The fourth-order valence-corrected chi connectivity index (χ4v) is 5.51. The van der Waals surface area contributed by atoms with E-state index in [0.29, 0.717) is 32.3 Å². The molecule has 6 rings (SSSR count). The number of nitrogens with zero attached hydrogens (tertiary/aromatic N) is 4. The molecule has 0 bridgehead atoms. The van der Waals surface area contributed by atoms with Gasteiger partial charge in [-0.05, 0) is 51.1 Å². The average molecular weight is 533 g/mol. The number of alkyl carbamates (subject to hydrolysis) is 1. The number of oxazole rings is 1. The van der Waals surface area contributed by atoms with E-state index in [1.54, 1.807) is 0 Å². The van der Waals surface area contributed by atoms with Crippen LogP contribution < -0.4 is 20.9 Å². The first-order valence-corrected chi connectivity index (χ1v) is 13.6. The molecule has 10 nitrogen and oxygen atoms in total. The standard InChI is InChI=1S/C29H36N6O4/c1-29(2,3)39-28(36)31-9-11-35-24-8-10-34(18-22(24)21-6-4-19(30)16-25(21)35)20-5-7-26-23(17-20)32-27(38-26)33-12-14-37-15-13-33/h4-7,16-17H,8-15,18,30H2,1-3H3,(H,31,36). The van der Waals surface area contributed by atoms with E-state index < -0.39 is 11.7 Å². The fourth-order valence-electron chi connectivity index (χ4n) is 5.51. The molecule has 0 unspecified atom stereocenters. The van der Waals surface area contributed by atoms with Crippen LogP contribution in [0.5, 0.6) is 0 Å². The van der Waals surface area contributed by atoms with E-state index >= 15 is 0 Å². The van der Waals surface area contributed by atoms with Crippen LogP contribution in [0.25, 0.3) is 22.0 Å². The van der Waals surface area contributed by atoms with Crippen LogP contribution in [-0.2, 0) is 29.0 Å². The molecule has 2 aromatic heterocycles. The Hall–Kier alpha value is -3.92. The molecule has 0 atom stereocenters. The molecule has 1 fully saturated rings. The highest BCUT2D eigenvalue weighted by molar-refractivity contribution is 5.89. The highest BCUT2D eigenvalue weighted by Crippen LogP contribution is 2.35. The van der Waals surface area contributed by atoms with Gasteiger partial charge in [-0.15, -0.1) is 0 Å². The number of benzene rings is 2. The van der Waals surface area contributed by atoms with Gasteiger partial charge in [0.25, 0.3) is 6.01 Å². The Morgan fingerprint density at radius 3 is 2.72 bits per heavy atom. The number of anilines is 3. The van der Waals surface area contributed by atoms with Gasteiger partial charge in [0.1, 0.15) is 11.1 Å². The topological polar surface area (TPSA) is 111 Å². The van der Waals surface area contributed by atoms with Gasteiger partial charge in [0, 0.05) is 73.7 Å². The Balaban J connectivity index is 1.24. The maximum atomic E-state index is 12.2. The van der Waals surface area contributed by atoms with Gasteiger partial charge >= 0.3 is 6.09 Å². The van der Waals surface area contributed by atoms with E-state index in [4.69, 9.17) is 24.6 Å². The van der Waals surface area contributed by atoms with E-state index in [1.165, 1.54) is 16.6 Å². The number of ether oxygens (including phenoxy) is 2. The number of rotatable bonds is 5. The van der Waals surface area contributed by atoms with E-state index in [1.807, 2.05) is 39.0 Å². The van der Waals surface area contributed by atoms with Gasteiger partial charge in [-0.3, -0.25) is 0 Å². The summed E-state index contributed by atoms with van der Waals surface area (Å²) >= 11 is 0. The second-order valence-electron chi connectivity index (χ2n) is 11.2. The van der Waals surface area contributed by atoms with Crippen LogP contribution in [0.4, 0.5) is 22.2 Å². The van der Waals surface area contributed by atoms with Crippen molar-refractivity contribution >= 4 is 45.5 Å². The number of hydrogen-bond donors (Lipinski definition) is 2. The van der Waals surface area contributed by atoms with Crippen LogP contribution in [0.2, 0.25) is 0 Å². The van der Waals surface area contributed by atoms with Crippen LogP contribution in [0, 0.1) is 0 Å². The molecule has 39 heavy (non-hydrogen) atoms. The molecule has 0 aliphatic carbocycles. The summed E-state index contributed by atoms with van der Waals surface area (Å²) in [6, 6.07) is 13.0. The van der Waals surface area contributed by atoms with Crippen molar-refractivity contribution < 1.29 is 18.7 Å². The number of hydrogen-bond acceptors (Lipinski definition) is 8. The molecule has 1 amide bonds. The second kappa shape index (κ2) is 10.00. The average Bonchev–Trinajstić information content (AvgIpc) is 3.46. The first-order chi connectivity index (χ1) is 18.7. The van der Waals surface area contributed by atoms with Crippen molar-refractivity contribution in [1.29, 1.82) is 0 Å². The summed E-state index contributed by atoms with van der Waals surface area (Å²) < 4.78 is 19.2. The number of aromatic nitrogens is 2. The van der Waals surface area contributed by atoms with Gasteiger partial charge in [-0.2, -0.15) is 4.98 Å². The maximum absolute atomic E-state index is 12.2. The summed E-state index contributed by atoms with van der Waals surface area (Å²) in [5.74, 6) is 0. The molecule has 206 valence electrons. The number of amides is 1. The quantitative estimate of drug-likeness (QED) is 0.366. The highest BCUT2D eigenvalue weighted by atomic mass is 16.6. The monoisotopic (exact) mass is 532 g/mol. The Labute approximate surface area is 227 Å². The summed E-state index contributed by atoms with van der Waals surface area (Å²) in [4.78, 5) is 21.5. The molecule has 10 heteroatoms. The van der Waals surface area contributed by atoms with Crippen LogP contribution >= 0.6 is 0 Å². The number of nitrogens with two attached hydrogens (primary N) is 1. The first-order valence-electron chi connectivity index (χ1n) is 13.6. The van der Waals surface area contributed by atoms with Crippen molar-refractivity contribution in [3.8, 4) is 0 Å². The fraction of sp³-hybridized carbons (Fsp3) is 0.448. The molecule has 2 aliphatic heterocycles. The lowest BCUT2D eigenvalue weighted by atomic mass is 10.0. The minimum absolute atomic E-state index is 0.404. The molecule has 1 saturated heterocycles. The van der Waals surface area contributed by atoms with Gasteiger partial charge in [0.15, 0.2) is 5.58 Å². The minimum Gasteiger partial charge on any atom is -0.444 e. The zero-order chi connectivity index (χ0) is 27.1. The summed E-state index contributed by atoms with van der Waals surface area (Å²) in [6.45, 7) is 11.3. The van der Waals surface area contributed by atoms with Crippen LogP contribution in [-0.4, -0.2) is 60.6 Å². The predicted molar refractivity (Wildman–Crippen MR) is 152 cm³/mol. The molecule has 2 aromatic carbocycles. The molecule has 4 heterocycles. The Bertz CT molecular complexity index is 1510. The molecule has 0 saturated carbocycles. The molecule has 0 radical (unpaired) electrons. The van der Waals surface area contributed by atoms with Crippen LogP contribution in [0.15, 0.2) is 40.8 Å². The molecule has 4 aromatic rings. The SMILES string of the molecule is CC(C)(C)OC(=O)NCCn1c2c(c3ccc(N)cc31)CN(c1ccc3oc(N4CCOCC4)nc3c1)CC2. The third-order valence-corrected chi connectivity index (χ3v) is 7.29. The number of morpholine rings is 1. The number of fused-ring (bicyclic) bond motifs is 4. The van der Waals surface area contributed by atoms with E-state index in [9.17, 15) is 4.79 Å². The molecular formula is C29H36N6O4. The van der Waals surface area contributed by atoms with Crippen molar-refractivity contribution in [3.63, 3.8) is 0 Å². The minimum atomic E-state index is -0.527. The smallest absolute Gasteiger partial charge is 0.407 e. The summed E-state index contributed by atoms with van der Waals surface area (Å²) in [5.41, 5.74) is 12.8. The zero-order valence-electron chi connectivity index (χ0n) is 22.8. The summed E-state index contributed by atoms with van der Waals surface area (Å²) in [5, 5.41) is 4.08. The van der Waals surface area contributed by atoms with Crippen molar-refractivity contribution in [1.82, 2.24) is 14.9 Å². The number of carbonyl (C=O) groups is 1. The molecule has 3 N–H and O–H groups in total. The highest BCUT2D eigenvalue weighted by Gasteiger charge is 2.25. The maximum Gasteiger partial charge on any atom is 0.407 e. The third-order valence-electron chi connectivity index (χ3n) is 7.29. The lowest BCUT2D eigenvalue weighted by Gasteiger charge is -2.30.